The lowest BCUT2D eigenvalue weighted by Crippen LogP contribution is -2.23. The molecule has 10 rings (SSSR count). The van der Waals surface area contributed by atoms with Crippen LogP contribution in [0.25, 0.3) is 88.7 Å². The molecule has 8 aromatic rings. The highest BCUT2D eigenvalue weighted by atomic mass is 14.4. The van der Waals surface area contributed by atoms with Gasteiger partial charge in [-0.3, -0.25) is 0 Å². The van der Waals surface area contributed by atoms with E-state index in [1.165, 1.54) is 99.8 Å². The van der Waals surface area contributed by atoms with Crippen LogP contribution in [0.2, 0.25) is 0 Å². The molecule has 2 aliphatic rings. The van der Waals surface area contributed by atoms with E-state index in [-0.39, 0.29) is 5.41 Å². The molecule has 0 saturated carbocycles. The average molecular weight is 651 g/mol. The van der Waals surface area contributed by atoms with Crippen LogP contribution in [0.15, 0.2) is 170 Å². The first-order valence-corrected chi connectivity index (χ1v) is 18.4. The lowest BCUT2D eigenvalue weighted by Gasteiger charge is -2.30. The first-order chi connectivity index (χ1) is 25.2. The third kappa shape index (κ3) is 4.46. The first-order valence-electron chi connectivity index (χ1n) is 18.4. The Morgan fingerprint density at radius 2 is 0.725 bits per heavy atom. The van der Waals surface area contributed by atoms with Gasteiger partial charge in [-0.05, 0) is 119 Å². The van der Waals surface area contributed by atoms with Crippen LogP contribution in [0, 0.1) is 0 Å². The highest BCUT2D eigenvalue weighted by Gasteiger charge is 2.40. The topological polar surface area (TPSA) is 0 Å². The van der Waals surface area contributed by atoms with Gasteiger partial charge in [-0.25, -0.2) is 0 Å². The smallest absolute Gasteiger partial charge is 0.0210 e. The second kappa shape index (κ2) is 11.5. The van der Waals surface area contributed by atoms with Crippen LogP contribution in [-0.4, -0.2) is 0 Å². The number of rotatable bonds is 6. The van der Waals surface area contributed by atoms with E-state index in [0.717, 1.165) is 12.8 Å². The largest absolute Gasteiger partial charge is 0.0642 e. The van der Waals surface area contributed by atoms with Gasteiger partial charge in [-0.15, -0.1) is 0 Å². The Morgan fingerprint density at radius 3 is 1.31 bits per heavy atom. The minimum absolute atomic E-state index is 0.0909. The summed E-state index contributed by atoms with van der Waals surface area (Å²) in [6, 6.07) is 63.4. The van der Waals surface area contributed by atoms with Crippen LogP contribution >= 0.6 is 0 Å². The minimum Gasteiger partial charge on any atom is -0.0642 e. The summed E-state index contributed by atoms with van der Waals surface area (Å²) >= 11 is 0. The van der Waals surface area contributed by atoms with Crippen LogP contribution in [0.5, 0.6) is 0 Å². The molecule has 0 amide bonds. The molecule has 0 heteroatoms. The van der Waals surface area contributed by atoms with Crippen molar-refractivity contribution in [3.63, 3.8) is 0 Å². The zero-order chi connectivity index (χ0) is 34.1. The van der Waals surface area contributed by atoms with E-state index in [1.807, 2.05) is 0 Å². The average Bonchev–Trinajstić information content (AvgIpc) is 3.69. The van der Waals surface area contributed by atoms with Crippen molar-refractivity contribution >= 4 is 10.8 Å². The lowest BCUT2D eigenvalue weighted by molar-refractivity contribution is 0.490. The molecule has 0 heterocycles. The summed E-state index contributed by atoms with van der Waals surface area (Å²) in [5.41, 5.74) is 21.2. The van der Waals surface area contributed by atoms with Gasteiger partial charge < -0.3 is 0 Å². The first kappa shape index (κ1) is 29.9. The summed E-state index contributed by atoms with van der Waals surface area (Å²) < 4.78 is 0. The third-order valence-corrected chi connectivity index (χ3v) is 12.0. The van der Waals surface area contributed by atoms with Crippen molar-refractivity contribution in [1.82, 2.24) is 0 Å². The minimum atomic E-state index is 0.0909. The highest BCUT2D eigenvalue weighted by Crippen LogP contribution is 2.53. The van der Waals surface area contributed by atoms with Gasteiger partial charge in [0.05, 0.1) is 0 Å². The van der Waals surface area contributed by atoms with Crippen LogP contribution in [-0.2, 0) is 5.41 Å². The quantitative estimate of drug-likeness (QED) is 0.168. The fraction of sp³-hybridized carbons (Fsp3) is 0.0980. The van der Waals surface area contributed by atoms with Gasteiger partial charge in [0.1, 0.15) is 0 Å². The molecule has 51 heavy (non-hydrogen) atoms. The third-order valence-electron chi connectivity index (χ3n) is 12.0. The van der Waals surface area contributed by atoms with E-state index >= 15 is 0 Å². The molecule has 0 N–H and O–H groups in total. The van der Waals surface area contributed by atoms with Crippen molar-refractivity contribution in [3.05, 3.63) is 181 Å². The van der Waals surface area contributed by atoms with Gasteiger partial charge in [0.25, 0.3) is 0 Å². The molecule has 0 saturated heterocycles. The predicted molar refractivity (Wildman–Crippen MR) is 217 cm³/mol. The maximum absolute atomic E-state index is 2.46. The van der Waals surface area contributed by atoms with Crippen LogP contribution < -0.4 is 0 Å². The number of benzene rings is 8. The lowest BCUT2D eigenvalue weighted by atomic mass is 9.73. The Labute approximate surface area is 300 Å². The van der Waals surface area contributed by atoms with Crippen molar-refractivity contribution in [3.8, 4) is 77.9 Å². The zero-order valence-electron chi connectivity index (χ0n) is 29.1. The molecular formula is C51H38. The Morgan fingerprint density at radius 1 is 0.314 bits per heavy atom. The molecule has 0 aromatic heterocycles. The number of hydrogen-bond donors (Lipinski definition) is 0. The molecule has 0 fully saturated rings. The second-order valence-corrected chi connectivity index (χ2v) is 14.3. The summed E-state index contributed by atoms with van der Waals surface area (Å²) in [6.45, 7) is 4.68. The summed E-state index contributed by atoms with van der Waals surface area (Å²) in [5.74, 6) is 0. The highest BCUT2D eigenvalue weighted by molar-refractivity contribution is 6.18. The van der Waals surface area contributed by atoms with E-state index in [2.05, 4.69) is 184 Å². The van der Waals surface area contributed by atoms with Gasteiger partial charge in [0.2, 0.25) is 0 Å². The molecule has 0 bridgehead atoms. The van der Waals surface area contributed by atoms with Crippen molar-refractivity contribution in [2.75, 3.05) is 0 Å². The normalized spacial score (nSPS) is 13.2. The number of hydrogen-bond acceptors (Lipinski definition) is 0. The predicted octanol–water partition coefficient (Wildman–Crippen LogP) is 14.2. The van der Waals surface area contributed by atoms with E-state index in [0.29, 0.717) is 0 Å². The maximum atomic E-state index is 2.46. The van der Waals surface area contributed by atoms with Gasteiger partial charge in [0, 0.05) is 5.41 Å². The Kier molecular flexibility index (Phi) is 6.76. The standard InChI is InChI=1S/C51H38/c1-3-51(4-2)48-15-8-7-12-43(48)44-29-28-39(32-49(44)51)37-22-20-35(21-23-37)33-16-18-34(19-17-33)36-24-26-38(27-25-36)40-30-31-47-42-11-6-5-10-41(42)46-14-9-13-45(40)50(46)47/h5-32H,3-4H2,1-2H3. The summed E-state index contributed by atoms with van der Waals surface area (Å²) in [5, 5.41) is 2.69. The SMILES string of the molecule is CCC1(CC)c2ccccc2-c2ccc(-c3ccc(-c4ccc(-c5ccc(-c6ccc7c8c(cccc68)-c6ccccc6-7)cc5)cc4)cc3)cc21. The van der Waals surface area contributed by atoms with Crippen LogP contribution in [0.3, 0.4) is 0 Å². The molecule has 0 aliphatic heterocycles. The molecule has 242 valence electrons. The van der Waals surface area contributed by atoms with Gasteiger partial charge >= 0.3 is 0 Å². The van der Waals surface area contributed by atoms with E-state index in [4.69, 9.17) is 0 Å². The van der Waals surface area contributed by atoms with Gasteiger partial charge in [-0.1, -0.05) is 178 Å². The summed E-state index contributed by atoms with van der Waals surface area (Å²) in [4.78, 5) is 0. The summed E-state index contributed by atoms with van der Waals surface area (Å²) in [6.07, 6.45) is 2.22. The molecule has 0 unspecified atom stereocenters. The van der Waals surface area contributed by atoms with Crippen molar-refractivity contribution in [1.29, 1.82) is 0 Å². The van der Waals surface area contributed by atoms with Crippen LogP contribution in [0.4, 0.5) is 0 Å². The fourth-order valence-electron chi connectivity index (χ4n) is 9.26. The van der Waals surface area contributed by atoms with Gasteiger partial charge in [0.15, 0.2) is 0 Å². The van der Waals surface area contributed by atoms with Crippen molar-refractivity contribution < 1.29 is 0 Å². The van der Waals surface area contributed by atoms with E-state index in [9.17, 15) is 0 Å². The summed E-state index contributed by atoms with van der Waals surface area (Å²) in [7, 11) is 0. The van der Waals surface area contributed by atoms with Crippen molar-refractivity contribution in [2.45, 2.75) is 32.1 Å². The molecule has 8 aromatic carbocycles. The monoisotopic (exact) mass is 650 g/mol. The fourth-order valence-corrected chi connectivity index (χ4v) is 9.26. The molecule has 0 radical (unpaired) electrons. The Balaban J connectivity index is 0.902. The van der Waals surface area contributed by atoms with Crippen molar-refractivity contribution in [2.24, 2.45) is 0 Å². The van der Waals surface area contributed by atoms with Crippen LogP contribution in [0.1, 0.15) is 37.8 Å². The molecule has 0 spiro atoms. The molecular weight excluding hydrogens is 613 g/mol. The zero-order valence-corrected chi connectivity index (χ0v) is 29.1. The Hall–Kier alpha value is -5.98. The molecule has 2 aliphatic carbocycles. The number of fused-ring (bicyclic) bond motifs is 6. The van der Waals surface area contributed by atoms with E-state index in [1.54, 1.807) is 0 Å². The molecule has 0 nitrogen and oxygen atoms in total. The molecule has 0 atom stereocenters. The maximum Gasteiger partial charge on any atom is 0.0210 e. The van der Waals surface area contributed by atoms with E-state index < -0.39 is 0 Å². The Bertz CT molecular complexity index is 2590. The van der Waals surface area contributed by atoms with Gasteiger partial charge in [-0.2, -0.15) is 0 Å². The second-order valence-electron chi connectivity index (χ2n) is 14.3.